The number of rotatable bonds is 6. The molecule has 3 N–H and O–H groups in total. The van der Waals surface area contributed by atoms with Gasteiger partial charge in [-0.15, -0.1) is 11.8 Å². The number of hydrogen-bond donors (Lipinski definition) is 2. The zero-order valence-corrected chi connectivity index (χ0v) is 14.7. The predicted molar refractivity (Wildman–Crippen MR) is 98.3 cm³/mol. The van der Waals surface area contributed by atoms with Crippen LogP contribution in [0, 0.1) is 11.8 Å². The summed E-state index contributed by atoms with van der Waals surface area (Å²) in [4.78, 5) is 1.68. The molecule has 0 aromatic heterocycles. The van der Waals surface area contributed by atoms with Crippen molar-refractivity contribution in [1.29, 1.82) is 0 Å². The monoisotopic (exact) mass is 322 g/mol. The highest BCUT2D eigenvalue weighted by atomic mass is 32.2. The SMILES string of the molecule is CCSc1cccc(NCC2CCCC(C)C2)c1C(N)=S. The second kappa shape index (κ2) is 8.04. The number of thioether (sulfide) groups is 1. The van der Waals surface area contributed by atoms with Crippen LogP contribution in [0.2, 0.25) is 0 Å². The average Bonchev–Trinajstić information content (AvgIpc) is 2.45. The Balaban J connectivity index is 2.08. The van der Waals surface area contributed by atoms with Crippen LogP contribution in [0.25, 0.3) is 0 Å². The highest BCUT2D eigenvalue weighted by molar-refractivity contribution is 7.99. The minimum Gasteiger partial charge on any atom is -0.389 e. The molecule has 21 heavy (non-hydrogen) atoms. The third-order valence-corrected chi connectivity index (χ3v) is 5.34. The largest absolute Gasteiger partial charge is 0.389 e. The van der Waals surface area contributed by atoms with Crippen molar-refractivity contribution in [2.75, 3.05) is 17.6 Å². The highest BCUT2D eigenvalue weighted by Crippen LogP contribution is 2.31. The molecule has 0 bridgehead atoms. The molecule has 0 spiro atoms. The van der Waals surface area contributed by atoms with E-state index in [9.17, 15) is 0 Å². The fourth-order valence-corrected chi connectivity index (χ4v) is 4.34. The Hall–Kier alpha value is -0.740. The van der Waals surface area contributed by atoms with Crippen LogP contribution >= 0.6 is 24.0 Å². The summed E-state index contributed by atoms with van der Waals surface area (Å²) in [5.41, 5.74) is 8.07. The van der Waals surface area contributed by atoms with E-state index in [0.29, 0.717) is 4.99 Å². The molecule has 0 heterocycles. The summed E-state index contributed by atoms with van der Waals surface area (Å²) in [7, 11) is 0. The Kier molecular flexibility index (Phi) is 6.37. The van der Waals surface area contributed by atoms with E-state index in [-0.39, 0.29) is 0 Å². The molecular formula is C17H26N2S2. The number of nitrogens with one attached hydrogen (secondary N) is 1. The Morgan fingerprint density at radius 2 is 2.24 bits per heavy atom. The second-order valence-corrected chi connectivity index (χ2v) is 7.74. The van der Waals surface area contributed by atoms with E-state index in [2.05, 4.69) is 37.4 Å². The topological polar surface area (TPSA) is 38.0 Å². The first-order valence-electron chi connectivity index (χ1n) is 7.91. The Labute approximate surface area is 138 Å². The van der Waals surface area contributed by atoms with Gasteiger partial charge in [0.25, 0.3) is 0 Å². The van der Waals surface area contributed by atoms with Crippen LogP contribution in [0.4, 0.5) is 5.69 Å². The number of benzene rings is 1. The van der Waals surface area contributed by atoms with E-state index in [4.69, 9.17) is 18.0 Å². The maximum absolute atomic E-state index is 5.95. The number of hydrogen-bond acceptors (Lipinski definition) is 3. The van der Waals surface area contributed by atoms with Gasteiger partial charge < -0.3 is 11.1 Å². The van der Waals surface area contributed by atoms with Crippen molar-refractivity contribution >= 4 is 34.7 Å². The number of nitrogens with two attached hydrogens (primary N) is 1. The van der Waals surface area contributed by atoms with Crippen molar-refractivity contribution in [2.45, 2.75) is 44.4 Å². The maximum atomic E-state index is 5.95. The molecule has 2 atom stereocenters. The quantitative estimate of drug-likeness (QED) is 0.589. The van der Waals surface area contributed by atoms with Gasteiger partial charge in [-0.3, -0.25) is 0 Å². The molecule has 1 saturated carbocycles. The first-order valence-corrected chi connectivity index (χ1v) is 9.30. The average molecular weight is 323 g/mol. The number of anilines is 1. The van der Waals surface area contributed by atoms with Crippen LogP contribution in [0.3, 0.4) is 0 Å². The molecule has 2 unspecified atom stereocenters. The molecule has 1 aliphatic carbocycles. The van der Waals surface area contributed by atoms with E-state index in [1.807, 2.05) is 0 Å². The maximum Gasteiger partial charge on any atom is 0.107 e. The lowest BCUT2D eigenvalue weighted by molar-refractivity contribution is 0.293. The Bertz CT molecular complexity index is 488. The van der Waals surface area contributed by atoms with E-state index in [1.54, 1.807) is 11.8 Å². The molecule has 1 aliphatic rings. The molecule has 1 aromatic rings. The molecule has 0 aliphatic heterocycles. The smallest absolute Gasteiger partial charge is 0.107 e. The van der Waals surface area contributed by atoms with E-state index < -0.39 is 0 Å². The van der Waals surface area contributed by atoms with Gasteiger partial charge in [0, 0.05) is 22.7 Å². The molecule has 0 radical (unpaired) electrons. The molecule has 1 aromatic carbocycles. The van der Waals surface area contributed by atoms with Crippen molar-refractivity contribution in [3.63, 3.8) is 0 Å². The fourth-order valence-electron chi connectivity index (χ4n) is 3.21. The van der Waals surface area contributed by atoms with Crippen LogP contribution in [-0.2, 0) is 0 Å². The van der Waals surface area contributed by atoms with Gasteiger partial charge >= 0.3 is 0 Å². The molecule has 2 nitrogen and oxygen atoms in total. The summed E-state index contributed by atoms with van der Waals surface area (Å²) in [6.07, 6.45) is 5.42. The third-order valence-electron chi connectivity index (χ3n) is 4.20. The lowest BCUT2D eigenvalue weighted by atomic mass is 9.82. The van der Waals surface area contributed by atoms with Gasteiger partial charge in [-0.1, -0.05) is 45.0 Å². The normalized spacial score (nSPS) is 22.0. The van der Waals surface area contributed by atoms with Crippen LogP contribution in [-0.4, -0.2) is 17.3 Å². The summed E-state index contributed by atoms with van der Waals surface area (Å²) in [5.74, 6) is 2.66. The van der Waals surface area contributed by atoms with Gasteiger partial charge in [0.2, 0.25) is 0 Å². The Morgan fingerprint density at radius 3 is 2.90 bits per heavy atom. The van der Waals surface area contributed by atoms with Gasteiger partial charge in [-0.2, -0.15) is 0 Å². The lowest BCUT2D eigenvalue weighted by Crippen LogP contribution is -2.22. The summed E-state index contributed by atoms with van der Waals surface area (Å²) in [5, 5.41) is 3.60. The summed E-state index contributed by atoms with van der Waals surface area (Å²) in [6.45, 7) is 5.54. The van der Waals surface area contributed by atoms with Gasteiger partial charge in [-0.05, 0) is 42.6 Å². The molecular weight excluding hydrogens is 296 g/mol. The first-order chi connectivity index (χ1) is 10.1. The third kappa shape index (κ3) is 4.62. The number of thiocarbonyl (C=S) groups is 1. The van der Waals surface area contributed by atoms with E-state index in [0.717, 1.165) is 35.4 Å². The molecule has 2 rings (SSSR count). The molecule has 0 amide bonds. The van der Waals surface area contributed by atoms with Crippen LogP contribution < -0.4 is 11.1 Å². The molecule has 116 valence electrons. The van der Waals surface area contributed by atoms with Crippen LogP contribution in [0.5, 0.6) is 0 Å². The van der Waals surface area contributed by atoms with Gasteiger partial charge in [0.05, 0.1) is 0 Å². The fraction of sp³-hybridized carbons (Fsp3) is 0.588. The van der Waals surface area contributed by atoms with Gasteiger partial charge in [0.15, 0.2) is 0 Å². The summed E-state index contributed by atoms with van der Waals surface area (Å²) < 4.78 is 0. The summed E-state index contributed by atoms with van der Waals surface area (Å²) >= 11 is 7.06. The van der Waals surface area contributed by atoms with Crippen molar-refractivity contribution in [3.8, 4) is 0 Å². The zero-order chi connectivity index (χ0) is 15.2. The van der Waals surface area contributed by atoms with Crippen molar-refractivity contribution in [3.05, 3.63) is 23.8 Å². The van der Waals surface area contributed by atoms with Gasteiger partial charge in [0.1, 0.15) is 4.99 Å². The zero-order valence-electron chi connectivity index (χ0n) is 13.0. The van der Waals surface area contributed by atoms with Crippen LogP contribution in [0.15, 0.2) is 23.1 Å². The molecule has 1 fully saturated rings. The molecule has 0 saturated heterocycles. The summed E-state index contributed by atoms with van der Waals surface area (Å²) in [6, 6.07) is 6.29. The van der Waals surface area contributed by atoms with Crippen molar-refractivity contribution in [1.82, 2.24) is 0 Å². The van der Waals surface area contributed by atoms with E-state index in [1.165, 1.54) is 30.6 Å². The van der Waals surface area contributed by atoms with Crippen molar-refractivity contribution < 1.29 is 0 Å². The minimum atomic E-state index is 0.492. The lowest BCUT2D eigenvalue weighted by Gasteiger charge is -2.27. The highest BCUT2D eigenvalue weighted by Gasteiger charge is 2.19. The predicted octanol–water partition coefficient (Wildman–Crippen LogP) is 4.67. The van der Waals surface area contributed by atoms with E-state index >= 15 is 0 Å². The van der Waals surface area contributed by atoms with Gasteiger partial charge in [-0.25, -0.2) is 0 Å². The standard InChI is InChI=1S/C17H26N2S2/c1-3-21-15-9-5-8-14(16(15)17(18)20)19-11-13-7-4-6-12(2)10-13/h5,8-9,12-13,19H,3-4,6-7,10-11H2,1-2H3,(H2,18,20). The van der Waals surface area contributed by atoms with Crippen molar-refractivity contribution in [2.24, 2.45) is 17.6 Å². The Morgan fingerprint density at radius 1 is 1.43 bits per heavy atom. The van der Waals surface area contributed by atoms with Crippen LogP contribution in [0.1, 0.15) is 45.1 Å². The molecule has 4 heteroatoms. The first kappa shape index (κ1) is 16.6. The minimum absolute atomic E-state index is 0.492. The second-order valence-electron chi connectivity index (χ2n) is 5.99.